The van der Waals surface area contributed by atoms with Gasteiger partial charge in [-0.2, -0.15) is 0 Å². The van der Waals surface area contributed by atoms with E-state index in [0.717, 1.165) is 0 Å². The van der Waals surface area contributed by atoms with Gasteiger partial charge in [0.1, 0.15) is 37.0 Å². The Morgan fingerprint density at radius 3 is 2.63 bits per heavy atom. The maximum atomic E-state index is 12.7. The summed E-state index contributed by atoms with van der Waals surface area (Å²) in [5.74, 6) is -0.857. The summed E-state index contributed by atoms with van der Waals surface area (Å²) in [6.45, 7) is 1.60. The van der Waals surface area contributed by atoms with Crippen LogP contribution in [0.5, 0.6) is 0 Å². The second-order valence-electron chi connectivity index (χ2n) is 8.64. The third-order valence-corrected chi connectivity index (χ3v) is 5.90. The third kappa shape index (κ3) is 6.37. The van der Waals surface area contributed by atoms with Crippen molar-refractivity contribution in [2.45, 2.75) is 44.3 Å². The van der Waals surface area contributed by atoms with Gasteiger partial charge in [-0.1, -0.05) is 18.2 Å². The lowest BCUT2D eigenvalue weighted by atomic mass is 10.1. The topological polar surface area (TPSA) is 164 Å². The van der Waals surface area contributed by atoms with Crippen LogP contribution in [0.4, 0.5) is 5.82 Å². The van der Waals surface area contributed by atoms with Gasteiger partial charge in [0.05, 0.1) is 26.0 Å². The zero-order valence-corrected chi connectivity index (χ0v) is 21.0. The van der Waals surface area contributed by atoms with E-state index >= 15 is 0 Å². The maximum Gasteiger partial charge on any atom is 0.306 e. The fourth-order valence-corrected chi connectivity index (χ4v) is 3.95. The smallest absolute Gasteiger partial charge is 0.306 e. The van der Waals surface area contributed by atoms with E-state index < -0.39 is 30.5 Å². The number of nitrogens with zero attached hydrogens (tertiary/aromatic N) is 4. The molecule has 1 fully saturated rings. The molecule has 3 heterocycles. The van der Waals surface area contributed by atoms with Gasteiger partial charge in [-0.3, -0.25) is 14.2 Å². The number of aromatic nitrogens is 4. The van der Waals surface area contributed by atoms with Crippen LogP contribution in [0.25, 0.3) is 11.2 Å². The Hall–Kier alpha value is -3.78. The molecule has 1 aromatic carbocycles. The number of anilines is 1. The van der Waals surface area contributed by atoms with Gasteiger partial charge >= 0.3 is 5.97 Å². The van der Waals surface area contributed by atoms with Crippen LogP contribution < -0.4 is 5.32 Å². The molecule has 4 atom stereocenters. The van der Waals surface area contributed by atoms with E-state index in [-0.39, 0.29) is 50.2 Å². The number of fused-ring (bicyclic) bond motifs is 1. The lowest BCUT2D eigenvalue weighted by Gasteiger charge is -2.22. The Morgan fingerprint density at radius 2 is 1.89 bits per heavy atom. The number of nitrogens with one attached hydrogen (secondary N) is 1. The van der Waals surface area contributed by atoms with Gasteiger partial charge in [-0.25, -0.2) is 15.0 Å². The summed E-state index contributed by atoms with van der Waals surface area (Å²) in [6, 6.07) is 8.67. The summed E-state index contributed by atoms with van der Waals surface area (Å²) >= 11 is 0. The van der Waals surface area contributed by atoms with Crippen molar-refractivity contribution in [1.82, 2.24) is 19.5 Å². The van der Waals surface area contributed by atoms with Crippen molar-refractivity contribution in [3.63, 3.8) is 0 Å². The van der Waals surface area contributed by atoms with E-state index in [2.05, 4.69) is 20.3 Å². The molecule has 3 aromatic rings. The highest BCUT2D eigenvalue weighted by atomic mass is 16.6. The zero-order valence-electron chi connectivity index (χ0n) is 21.0. The molecule has 0 unspecified atom stereocenters. The molecule has 4 rings (SSSR count). The molecule has 0 aliphatic carbocycles. The number of aliphatic hydroxyl groups is 1. The van der Waals surface area contributed by atoms with Gasteiger partial charge in [0.25, 0.3) is 5.91 Å². The lowest BCUT2D eigenvalue weighted by molar-refractivity contribution is -0.150. The number of ketones is 1. The summed E-state index contributed by atoms with van der Waals surface area (Å²) in [7, 11) is 1.53. The molecule has 1 aliphatic heterocycles. The van der Waals surface area contributed by atoms with Crippen LogP contribution in [-0.4, -0.2) is 87.5 Å². The van der Waals surface area contributed by atoms with Gasteiger partial charge in [0.15, 0.2) is 23.2 Å². The molecule has 0 bridgehead atoms. The number of aliphatic hydroxyl groups excluding tert-OH is 1. The molecule has 0 spiro atoms. The maximum absolute atomic E-state index is 12.7. The molecular formula is C25H29N5O8. The first-order valence-corrected chi connectivity index (χ1v) is 12.0. The van der Waals surface area contributed by atoms with Crippen LogP contribution in [-0.2, 0) is 28.5 Å². The molecule has 0 radical (unpaired) electrons. The summed E-state index contributed by atoms with van der Waals surface area (Å²) in [5.41, 5.74) is 1.10. The minimum absolute atomic E-state index is 0.0596. The number of hydrogen-bond acceptors (Lipinski definition) is 11. The Balaban J connectivity index is 1.54. The summed E-state index contributed by atoms with van der Waals surface area (Å²) in [6.07, 6.45) is -1.09. The van der Waals surface area contributed by atoms with E-state index in [9.17, 15) is 19.5 Å². The van der Waals surface area contributed by atoms with Crippen LogP contribution in [0.2, 0.25) is 0 Å². The van der Waals surface area contributed by atoms with Crippen molar-refractivity contribution in [2.24, 2.45) is 0 Å². The van der Waals surface area contributed by atoms with Crippen molar-refractivity contribution in [3.8, 4) is 0 Å². The number of imidazole rings is 1. The first-order chi connectivity index (χ1) is 18.4. The van der Waals surface area contributed by atoms with Gasteiger partial charge in [-0.15, -0.1) is 0 Å². The molecule has 1 amide bonds. The molecule has 38 heavy (non-hydrogen) atoms. The largest absolute Gasteiger partial charge is 0.463 e. The van der Waals surface area contributed by atoms with Gasteiger partial charge in [0, 0.05) is 19.1 Å². The Morgan fingerprint density at radius 1 is 1.11 bits per heavy atom. The van der Waals surface area contributed by atoms with E-state index in [4.69, 9.17) is 18.9 Å². The first kappa shape index (κ1) is 27.3. The lowest BCUT2D eigenvalue weighted by Crippen LogP contribution is -2.37. The minimum Gasteiger partial charge on any atom is -0.463 e. The fourth-order valence-electron chi connectivity index (χ4n) is 3.95. The molecule has 2 N–H and O–H groups in total. The molecule has 0 saturated carbocycles. The number of methoxy groups -OCH3 is 1. The number of rotatable bonds is 12. The Bertz CT molecular complexity index is 1270. The number of amides is 1. The molecule has 2 aromatic heterocycles. The van der Waals surface area contributed by atoms with Crippen molar-refractivity contribution in [1.29, 1.82) is 0 Å². The number of hydrogen-bond donors (Lipinski definition) is 2. The average Bonchev–Trinajstić information content (AvgIpc) is 3.48. The number of Topliss-reactive ketones (excluding diaryl/α,β-unsaturated/α-hetero) is 1. The number of ether oxygens (including phenoxy) is 4. The number of carbonyl (C=O) groups is 3. The zero-order chi connectivity index (χ0) is 27.1. The molecule has 202 valence electrons. The summed E-state index contributed by atoms with van der Waals surface area (Å²) < 4.78 is 23.8. The van der Waals surface area contributed by atoms with Crippen LogP contribution in [0.3, 0.4) is 0 Å². The van der Waals surface area contributed by atoms with E-state index in [1.54, 1.807) is 28.8 Å². The molecule has 13 nitrogen and oxygen atoms in total. The highest BCUT2D eigenvalue weighted by Gasteiger charge is 2.46. The monoisotopic (exact) mass is 527 g/mol. The van der Waals surface area contributed by atoms with Crippen LogP contribution in [0.1, 0.15) is 36.4 Å². The minimum atomic E-state index is -1.16. The van der Waals surface area contributed by atoms with Crippen molar-refractivity contribution < 1.29 is 38.4 Å². The van der Waals surface area contributed by atoms with Gasteiger partial charge < -0.3 is 34.2 Å². The fraction of sp³-hybridized carbons (Fsp3) is 0.440. The SMILES string of the molecule is COCCO[C@@H]1[C@H](O)[C@@H](COC(=O)CCC(C)=O)O[C@H]1n1cnc2c(NC(=O)c3ccccc3)ncnc21. The van der Waals surface area contributed by atoms with Crippen molar-refractivity contribution >= 4 is 34.6 Å². The van der Waals surface area contributed by atoms with Crippen molar-refractivity contribution in [3.05, 3.63) is 48.5 Å². The predicted molar refractivity (Wildman–Crippen MR) is 132 cm³/mol. The van der Waals surface area contributed by atoms with Crippen LogP contribution in [0.15, 0.2) is 43.0 Å². The quantitative estimate of drug-likeness (QED) is 0.257. The molecule has 13 heteroatoms. The summed E-state index contributed by atoms with van der Waals surface area (Å²) in [5, 5.41) is 13.7. The second kappa shape index (κ2) is 12.6. The Kier molecular flexibility index (Phi) is 9.07. The number of esters is 1. The Labute approximate surface area is 218 Å². The van der Waals surface area contributed by atoms with E-state index in [0.29, 0.717) is 16.7 Å². The van der Waals surface area contributed by atoms with Crippen LogP contribution >= 0.6 is 0 Å². The predicted octanol–water partition coefficient (Wildman–Crippen LogP) is 1.28. The summed E-state index contributed by atoms with van der Waals surface area (Å²) in [4.78, 5) is 48.6. The van der Waals surface area contributed by atoms with Crippen LogP contribution in [0, 0.1) is 0 Å². The van der Waals surface area contributed by atoms with E-state index in [1.165, 1.54) is 26.7 Å². The highest BCUT2D eigenvalue weighted by Crippen LogP contribution is 2.34. The molecule has 1 aliphatic rings. The molecular weight excluding hydrogens is 498 g/mol. The standard InChI is InChI=1S/C25H29N5O8/c1-15(31)8-9-18(32)37-12-17-20(33)21(36-11-10-35-2)25(38-17)30-14-28-19-22(26-13-27-23(19)30)29-24(34)16-6-4-3-5-7-16/h3-7,13-14,17,20-21,25,33H,8-12H2,1-2H3,(H,26,27,29,34)/t17-,20-,21-,25-/m1/s1. The van der Waals surface area contributed by atoms with Gasteiger partial charge in [-0.05, 0) is 19.1 Å². The van der Waals surface area contributed by atoms with Gasteiger partial charge in [0.2, 0.25) is 0 Å². The average molecular weight is 528 g/mol. The molecule has 1 saturated heterocycles. The second-order valence-corrected chi connectivity index (χ2v) is 8.64. The van der Waals surface area contributed by atoms with E-state index in [1.807, 2.05) is 6.07 Å². The third-order valence-electron chi connectivity index (χ3n) is 5.90. The first-order valence-electron chi connectivity index (χ1n) is 12.0. The highest BCUT2D eigenvalue weighted by molar-refractivity contribution is 6.06. The number of benzene rings is 1. The van der Waals surface area contributed by atoms with Crippen molar-refractivity contribution in [2.75, 3.05) is 32.2 Å². The number of carbonyl (C=O) groups excluding carboxylic acids is 3. The normalized spacial score (nSPS) is 20.9.